The number of aliphatic hydroxyl groups excluding tert-OH is 2. The number of carboxylic acids is 1. The van der Waals surface area contributed by atoms with Crippen molar-refractivity contribution in [1.82, 2.24) is 9.88 Å². The number of aromatic nitrogens is 1. The van der Waals surface area contributed by atoms with Gasteiger partial charge in [0.25, 0.3) is 5.91 Å². The predicted octanol–water partition coefficient (Wildman–Crippen LogP) is 5.99. The minimum atomic E-state index is -1.26. The van der Waals surface area contributed by atoms with Gasteiger partial charge in [0.2, 0.25) is 0 Å². The van der Waals surface area contributed by atoms with Crippen molar-refractivity contribution in [1.29, 1.82) is 0 Å². The van der Waals surface area contributed by atoms with Crippen molar-refractivity contribution in [3.63, 3.8) is 0 Å². The molecular weight excluding hydrogens is 638 g/mol. The Hall–Kier alpha value is -4.06. The molecule has 0 unspecified atom stereocenters. The van der Waals surface area contributed by atoms with Gasteiger partial charge in [-0.05, 0) is 74.7 Å². The number of carbonyl (C=O) groups is 3. The Balaban J connectivity index is 0.00000650. The van der Waals surface area contributed by atoms with Crippen molar-refractivity contribution >= 4 is 53.5 Å². The summed E-state index contributed by atoms with van der Waals surface area (Å²) in [6, 6.07) is 21.8. The van der Waals surface area contributed by atoms with Crippen molar-refractivity contribution in [3.05, 3.63) is 113 Å². The molecule has 0 saturated heterocycles. The number of aliphatic hydroxyl groups is 2. The molecule has 1 heterocycles. The first kappa shape index (κ1) is 39.4. The van der Waals surface area contributed by atoms with Crippen LogP contribution in [0.1, 0.15) is 78.7 Å². The van der Waals surface area contributed by atoms with Gasteiger partial charge in [0.1, 0.15) is 11.5 Å². The fourth-order valence-electron chi connectivity index (χ4n) is 5.48. The van der Waals surface area contributed by atoms with E-state index in [1.165, 1.54) is 18.2 Å². The average molecular weight is 681 g/mol. The molecule has 0 saturated carbocycles. The summed E-state index contributed by atoms with van der Waals surface area (Å²) in [5.74, 6) is -2.42. The van der Waals surface area contributed by atoms with Gasteiger partial charge in [0.15, 0.2) is 0 Å². The number of aliphatic carboxylic acids is 1. The Kier molecular flexibility index (Phi) is 14.5. The molecule has 0 bridgehead atoms. The SMILES string of the molecule is CC(C)OC(=O)c1ccc(CNC(=O)c2c(-c3ccccc3)c(-c3ccc(F)cc3)c(/C=C/[C@@H](O)C[C@@H](O)CC(=O)O)n2C(C)C)cc1.[NaH]. The second-order valence-electron chi connectivity index (χ2n) is 12.1. The fourth-order valence-corrected chi connectivity index (χ4v) is 5.48. The molecule has 0 fully saturated rings. The molecule has 0 spiro atoms. The van der Waals surface area contributed by atoms with E-state index >= 15 is 0 Å². The quantitative estimate of drug-likeness (QED) is 0.0949. The first-order valence-corrected chi connectivity index (χ1v) is 15.8. The van der Waals surface area contributed by atoms with Crippen LogP contribution >= 0.6 is 0 Å². The van der Waals surface area contributed by atoms with E-state index in [9.17, 15) is 29.0 Å². The minimum absolute atomic E-state index is 0. The summed E-state index contributed by atoms with van der Waals surface area (Å²) >= 11 is 0. The molecule has 254 valence electrons. The van der Waals surface area contributed by atoms with Crippen LogP contribution in [-0.2, 0) is 16.1 Å². The van der Waals surface area contributed by atoms with Gasteiger partial charge in [-0.25, -0.2) is 9.18 Å². The van der Waals surface area contributed by atoms with E-state index in [1.54, 1.807) is 56.3 Å². The van der Waals surface area contributed by atoms with Crippen molar-refractivity contribution in [2.24, 2.45) is 0 Å². The van der Waals surface area contributed by atoms with Gasteiger partial charge >= 0.3 is 41.5 Å². The van der Waals surface area contributed by atoms with Gasteiger partial charge in [-0.1, -0.05) is 60.7 Å². The zero-order valence-corrected chi connectivity index (χ0v) is 27.4. The first-order chi connectivity index (χ1) is 22.8. The number of hydrogen-bond acceptors (Lipinski definition) is 6. The molecule has 0 aliphatic heterocycles. The van der Waals surface area contributed by atoms with Crippen molar-refractivity contribution in [3.8, 4) is 22.3 Å². The van der Waals surface area contributed by atoms with Gasteiger partial charge in [-0.2, -0.15) is 0 Å². The fraction of sp³-hybridized carbons (Fsp3) is 0.289. The van der Waals surface area contributed by atoms with E-state index in [-0.39, 0.29) is 60.6 Å². The Bertz CT molecular complexity index is 1750. The van der Waals surface area contributed by atoms with Crippen LogP contribution in [0, 0.1) is 5.82 Å². The summed E-state index contributed by atoms with van der Waals surface area (Å²) < 4.78 is 21.2. The molecule has 4 rings (SSSR count). The zero-order valence-electron chi connectivity index (χ0n) is 27.4. The van der Waals surface area contributed by atoms with E-state index in [0.717, 1.165) is 11.1 Å². The zero-order chi connectivity index (χ0) is 35.0. The molecule has 2 atom stereocenters. The number of rotatable bonds is 14. The van der Waals surface area contributed by atoms with Crippen LogP contribution in [0.3, 0.4) is 0 Å². The third-order valence-electron chi connectivity index (χ3n) is 7.56. The molecule has 3 aromatic carbocycles. The van der Waals surface area contributed by atoms with E-state index in [1.807, 2.05) is 48.7 Å². The van der Waals surface area contributed by atoms with Gasteiger partial charge in [0.05, 0.1) is 30.3 Å². The summed E-state index contributed by atoms with van der Waals surface area (Å²) in [6.07, 6.45) is -0.311. The Morgan fingerprint density at radius 2 is 1.49 bits per heavy atom. The standard InChI is InChI=1S/C38H41FN2O7.Na.H/c1-23(2)41-32(19-18-30(42)20-31(43)21-33(44)45)34(27-14-16-29(39)17-15-27)35(26-8-6-5-7-9-26)36(41)37(46)40-22-25-10-12-28(13-11-25)38(47)48-24(3)4;;/h5-19,23-24,30-31,42-43H,20-22H2,1-4H3,(H,40,46)(H,44,45);;/b19-18+;;/t30-,31-;;/m1../s1. The molecule has 4 aromatic rings. The van der Waals surface area contributed by atoms with Crippen molar-refractivity contribution in [2.45, 2.75) is 71.4 Å². The number of ether oxygens (including phenoxy) is 1. The van der Waals surface area contributed by atoms with E-state index in [0.29, 0.717) is 33.6 Å². The summed E-state index contributed by atoms with van der Waals surface area (Å²) in [5.41, 5.74) is 4.65. The van der Waals surface area contributed by atoms with Crippen LogP contribution in [0.4, 0.5) is 4.39 Å². The predicted molar refractivity (Wildman–Crippen MR) is 189 cm³/mol. The van der Waals surface area contributed by atoms with Gasteiger partial charge < -0.3 is 29.9 Å². The molecule has 49 heavy (non-hydrogen) atoms. The van der Waals surface area contributed by atoms with E-state index in [2.05, 4.69) is 5.32 Å². The number of hydrogen-bond donors (Lipinski definition) is 4. The first-order valence-electron chi connectivity index (χ1n) is 15.8. The third-order valence-corrected chi connectivity index (χ3v) is 7.56. The van der Waals surface area contributed by atoms with Crippen LogP contribution in [-0.4, -0.2) is 85.6 Å². The second-order valence-corrected chi connectivity index (χ2v) is 12.1. The van der Waals surface area contributed by atoms with Crippen molar-refractivity contribution in [2.75, 3.05) is 0 Å². The Morgan fingerprint density at radius 1 is 0.878 bits per heavy atom. The summed E-state index contributed by atoms with van der Waals surface area (Å²) in [5, 5.41) is 32.8. The van der Waals surface area contributed by atoms with Crippen LogP contribution in [0.25, 0.3) is 28.3 Å². The maximum atomic E-state index is 14.2. The Labute approximate surface area is 307 Å². The number of nitrogens with one attached hydrogen (secondary N) is 1. The molecule has 1 amide bonds. The Morgan fingerprint density at radius 3 is 2.06 bits per heavy atom. The molecular formula is C38H42FN2NaO7. The van der Waals surface area contributed by atoms with Gasteiger partial charge in [-0.3, -0.25) is 9.59 Å². The number of amides is 1. The van der Waals surface area contributed by atoms with E-state index < -0.39 is 36.4 Å². The third kappa shape index (κ3) is 10.5. The second kappa shape index (κ2) is 18.1. The summed E-state index contributed by atoms with van der Waals surface area (Å²) in [7, 11) is 0. The average Bonchev–Trinajstić information content (AvgIpc) is 3.38. The topological polar surface area (TPSA) is 138 Å². The van der Waals surface area contributed by atoms with Crippen LogP contribution in [0.15, 0.2) is 84.9 Å². The van der Waals surface area contributed by atoms with Crippen LogP contribution in [0.5, 0.6) is 0 Å². The molecule has 1 aromatic heterocycles. The van der Waals surface area contributed by atoms with E-state index in [4.69, 9.17) is 9.84 Å². The van der Waals surface area contributed by atoms with Gasteiger partial charge in [0, 0.05) is 35.8 Å². The van der Waals surface area contributed by atoms with Crippen LogP contribution < -0.4 is 5.32 Å². The number of benzene rings is 3. The maximum absolute atomic E-state index is 14.2. The number of carboxylic acid groups (broad SMARTS) is 1. The number of esters is 1. The molecule has 0 aliphatic rings. The van der Waals surface area contributed by atoms with Crippen molar-refractivity contribution < 1.29 is 38.8 Å². The molecule has 0 aliphatic carbocycles. The number of nitrogens with zero attached hydrogens (tertiary/aromatic N) is 1. The van der Waals surface area contributed by atoms with Gasteiger partial charge in [-0.15, -0.1) is 0 Å². The molecule has 4 N–H and O–H groups in total. The molecule has 9 nitrogen and oxygen atoms in total. The normalized spacial score (nSPS) is 12.5. The summed E-state index contributed by atoms with van der Waals surface area (Å²) in [6.45, 7) is 7.54. The summed E-state index contributed by atoms with van der Waals surface area (Å²) in [4.78, 5) is 37.6. The number of halogens is 1. The monoisotopic (exact) mass is 680 g/mol. The molecule has 0 radical (unpaired) electrons. The molecule has 11 heteroatoms. The number of carbonyl (C=O) groups excluding carboxylic acids is 2. The van der Waals surface area contributed by atoms with Crippen LogP contribution in [0.2, 0.25) is 0 Å².